The number of ether oxygens (including phenoxy) is 2. The number of halogens is 1. The summed E-state index contributed by atoms with van der Waals surface area (Å²) in [6, 6.07) is 0. The van der Waals surface area contributed by atoms with Crippen LogP contribution in [0, 0.1) is 0 Å². The predicted octanol–water partition coefficient (Wildman–Crippen LogP) is 2.89. The fraction of sp³-hybridized carbons (Fsp3) is 0.882. The maximum atomic E-state index is 12.1. The van der Waals surface area contributed by atoms with Crippen molar-refractivity contribution in [2.75, 3.05) is 33.9 Å². The minimum Gasteiger partial charge on any atom is -0.444 e. The number of nitrogens with one attached hydrogen (secondary N) is 3. The first-order valence-corrected chi connectivity index (χ1v) is 8.66. The molecule has 0 spiro atoms. The van der Waals surface area contributed by atoms with Gasteiger partial charge in [0.2, 0.25) is 0 Å². The molecular formula is C17H37IN4O3. The fourth-order valence-corrected chi connectivity index (χ4v) is 2.14. The molecule has 0 aromatic carbocycles. The lowest BCUT2D eigenvalue weighted by Gasteiger charge is -2.34. The number of alkyl carbamates (subject to hydrolysis) is 1. The number of methoxy groups -OCH3 is 1. The van der Waals surface area contributed by atoms with Crippen molar-refractivity contribution < 1.29 is 14.3 Å². The molecule has 150 valence electrons. The Kier molecular flexibility index (Phi) is 14.2. The van der Waals surface area contributed by atoms with E-state index in [0.717, 1.165) is 25.8 Å². The Hall–Kier alpha value is -0.770. The number of hydrogen-bond donors (Lipinski definition) is 3. The summed E-state index contributed by atoms with van der Waals surface area (Å²) in [5, 5.41) is 9.53. The summed E-state index contributed by atoms with van der Waals surface area (Å²) in [6.07, 6.45) is 2.09. The molecule has 0 bridgehead atoms. The van der Waals surface area contributed by atoms with Crippen LogP contribution in [0.1, 0.15) is 53.9 Å². The Morgan fingerprint density at radius 1 is 1.12 bits per heavy atom. The van der Waals surface area contributed by atoms with E-state index in [1.807, 2.05) is 20.8 Å². The largest absolute Gasteiger partial charge is 0.444 e. The van der Waals surface area contributed by atoms with Gasteiger partial charge in [-0.2, -0.15) is 0 Å². The highest BCUT2D eigenvalue weighted by molar-refractivity contribution is 14.0. The van der Waals surface area contributed by atoms with Gasteiger partial charge in [0.25, 0.3) is 0 Å². The summed E-state index contributed by atoms with van der Waals surface area (Å²) < 4.78 is 10.4. The zero-order valence-corrected chi connectivity index (χ0v) is 19.2. The van der Waals surface area contributed by atoms with Crippen molar-refractivity contribution in [3.63, 3.8) is 0 Å². The molecule has 8 heteroatoms. The van der Waals surface area contributed by atoms with Crippen LogP contribution in [0.4, 0.5) is 4.79 Å². The van der Waals surface area contributed by atoms with Crippen LogP contribution in [0.2, 0.25) is 0 Å². The molecule has 0 unspecified atom stereocenters. The minimum absolute atomic E-state index is 0. The number of hydrogen-bond acceptors (Lipinski definition) is 4. The van der Waals surface area contributed by atoms with Crippen molar-refractivity contribution in [1.29, 1.82) is 0 Å². The number of amides is 1. The first-order chi connectivity index (χ1) is 11.2. The van der Waals surface area contributed by atoms with E-state index in [0.29, 0.717) is 19.1 Å². The molecule has 0 aromatic rings. The zero-order valence-electron chi connectivity index (χ0n) is 16.8. The van der Waals surface area contributed by atoms with Gasteiger partial charge in [0, 0.05) is 33.9 Å². The number of carbonyl (C=O) groups excluding carboxylic acids is 1. The molecule has 0 fully saturated rings. The average Bonchev–Trinajstić information content (AvgIpc) is 2.51. The number of nitrogens with zero attached hydrogens (tertiary/aromatic N) is 1. The van der Waals surface area contributed by atoms with Crippen molar-refractivity contribution in [1.82, 2.24) is 16.0 Å². The van der Waals surface area contributed by atoms with Crippen LogP contribution < -0.4 is 16.0 Å². The van der Waals surface area contributed by atoms with Crippen LogP contribution >= 0.6 is 24.0 Å². The van der Waals surface area contributed by atoms with Gasteiger partial charge in [-0.05, 0) is 40.0 Å². The fourth-order valence-electron chi connectivity index (χ4n) is 2.14. The van der Waals surface area contributed by atoms with E-state index >= 15 is 0 Å². The van der Waals surface area contributed by atoms with Crippen LogP contribution in [-0.4, -0.2) is 57.0 Å². The van der Waals surface area contributed by atoms with E-state index in [1.165, 1.54) is 0 Å². The highest BCUT2D eigenvalue weighted by Gasteiger charge is 2.30. The molecule has 0 saturated heterocycles. The van der Waals surface area contributed by atoms with Gasteiger partial charge in [-0.3, -0.25) is 4.99 Å². The Bertz CT molecular complexity index is 394. The molecule has 0 atom stereocenters. The highest BCUT2D eigenvalue weighted by atomic mass is 127. The van der Waals surface area contributed by atoms with Crippen molar-refractivity contribution in [2.45, 2.75) is 65.0 Å². The van der Waals surface area contributed by atoms with Gasteiger partial charge >= 0.3 is 6.09 Å². The molecular weight excluding hydrogens is 435 g/mol. The topological polar surface area (TPSA) is 84.0 Å². The molecule has 0 aromatic heterocycles. The third-order valence-electron chi connectivity index (χ3n) is 3.76. The van der Waals surface area contributed by atoms with Crippen molar-refractivity contribution in [3.8, 4) is 0 Å². The van der Waals surface area contributed by atoms with E-state index < -0.39 is 11.7 Å². The standard InChI is InChI=1S/C17H36N4O3.HI/c1-8-17(9-2,21-15(22)24-16(3,4)5)13-20-14(18-6)19-11-10-12-23-7;/h8-13H2,1-7H3,(H,21,22)(H2,18,19,20);1H. The summed E-state index contributed by atoms with van der Waals surface area (Å²) in [7, 11) is 3.42. The van der Waals surface area contributed by atoms with Gasteiger partial charge in [0.15, 0.2) is 5.96 Å². The number of rotatable bonds is 9. The van der Waals surface area contributed by atoms with Crippen molar-refractivity contribution >= 4 is 36.0 Å². The van der Waals surface area contributed by atoms with Crippen molar-refractivity contribution in [3.05, 3.63) is 0 Å². The van der Waals surface area contributed by atoms with Gasteiger partial charge in [-0.15, -0.1) is 24.0 Å². The maximum Gasteiger partial charge on any atom is 0.408 e. The normalized spacial score (nSPS) is 12.2. The van der Waals surface area contributed by atoms with Gasteiger partial charge < -0.3 is 25.4 Å². The minimum atomic E-state index is -0.510. The SMILES string of the molecule is CCC(CC)(CNC(=NC)NCCCOC)NC(=O)OC(C)(C)C.I. The molecule has 0 radical (unpaired) electrons. The molecule has 25 heavy (non-hydrogen) atoms. The molecule has 1 amide bonds. The third-order valence-corrected chi connectivity index (χ3v) is 3.76. The molecule has 0 aliphatic rings. The Labute approximate surface area is 170 Å². The van der Waals surface area contributed by atoms with Crippen molar-refractivity contribution in [2.24, 2.45) is 4.99 Å². The van der Waals surface area contributed by atoms with Crippen LogP contribution in [0.5, 0.6) is 0 Å². The number of aliphatic imine (C=N–C) groups is 1. The van der Waals surface area contributed by atoms with Crippen LogP contribution in [-0.2, 0) is 9.47 Å². The third kappa shape index (κ3) is 12.3. The molecule has 3 N–H and O–H groups in total. The van der Waals surface area contributed by atoms with Crippen LogP contribution in [0.15, 0.2) is 4.99 Å². The summed E-state index contributed by atoms with van der Waals surface area (Å²) in [5.41, 5.74) is -0.893. The summed E-state index contributed by atoms with van der Waals surface area (Å²) in [5.74, 6) is 0.711. The van der Waals surface area contributed by atoms with E-state index in [4.69, 9.17) is 9.47 Å². The zero-order chi connectivity index (χ0) is 18.6. The second-order valence-electron chi connectivity index (χ2n) is 6.81. The monoisotopic (exact) mass is 472 g/mol. The Morgan fingerprint density at radius 3 is 2.16 bits per heavy atom. The van der Waals surface area contributed by atoms with E-state index in [1.54, 1.807) is 14.2 Å². The smallest absolute Gasteiger partial charge is 0.408 e. The van der Waals surface area contributed by atoms with Crippen LogP contribution in [0.3, 0.4) is 0 Å². The molecule has 0 heterocycles. The maximum absolute atomic E-state index is 12.1. The predicted molar refractivity (Wildman–Crippen MR) is 114 cm³/mol. The average molecular weight is 472 g/mol. The number of carbonyl (C=O) groups is 1. The van der Waals surface area contributed by atoms with Gasteiger partial charge in [-0.1, -0.05) is 13.8 Å². The first kappa shape index (κ1) is 26.5. The summed E-state index contributed by atoms with van der Waals surface area (Å²) in [4.78, 5) is 16.3. The van der Waals surface area contributed by atoms with E-state index in [9.17, 15) is 4.79 Å². The molecule has 0 rings (SSSR count). The molecule has 0 aliphatic carbocycles. The second kappa shape index (κ2) is 13.4. The lowest BCUT2D eigenvalue weighted by atomic mass is 9.93. The van der Waals surface area contributed by atoms with Crippen LogP contribution in [0.25, 0.3) is 0 Å². The quantitative estimate of drug-likeness (QED) is 0.208. The summed E-state index contributed by atoms with van der Waals surface area (Å²) >= 11 is 0. The van der Waals surface area contributed by atoms with E-state index in [-0.39, 0.29) is 29.5 Å². The van der Waals surface area contributed by atoms with Gasteiger partial charge in [0.1, 0.15) is 5.60 Å². The highest BCUT2D eigenvalue weighted by Crippen LogP contribution is 2.16. The van der Waals surface area contributed by atoms with Gasteiger partial charge in [-0.25, -0.2) is 4.79 Å². The molecule has 0 saturated carbocycles. The number of guanidine groups is 1. The molecule has 7 nitrogen and oxygen atoms in total. The Balaban J connectivity index is 0. The lowest BCUT2D eigenvalue weighted by Crippen LogP contribution is -2.57. The summed E-state index contributed by atoms with van der Waals surface area (Å²) in [6.45, 7) is 11.7. The Morgan fingerprint density at radius 2 is 1.72 bits per heavy atom. The first-order valence-electron chi connectivity index (χ1n) is 8.66. The lowest BCUT2D eigenvalue weighted by molar-refractivity contribution is 0.0448. The van der Waals surface area contributed by atoms with E-state index in [2.05, 4.69) is 34.8 Å². The van der Waals surface area contributed by atoms with Gasteiger partial charge in [0.05, 0.1) is 5.54 Å². The molecule has 0 aliphatic heterocycles. The second-order valence-corrected chi connectivity index (χ2v) is 6.81.